The molecule has 5 nitrogen and oxygen atoms in total. The standard InChI is InChI=1S/C21H19BrN2O3S/c1-28(26,27)24(17-10-8-16(22)9-11-17)13-20(25)23-19-12-7-15-6-5-14-3-2-4-18(19)21(14)15/h2-4,7-12H,5-6,13H2,1H3,(H,23,25). The Morgan fingerprint density at radius 2 is 1.71 bits per heavy atom. The molecule has 144 valence electrons. The van der Waals surface area contributed by atoms with Crippen LogP contribution in [-0.4, -0.2) is 27.1 Å². The van der Waals surface area contributed by atoms with Gasteiger partial charge >= 0.3 is 0 Å². The number of amides is 1. The molecule has 4 rings (SSSR count). The van der Waals surface area contributed by atoms with Gasteiger partial charge in [0.05, 0.1) is 11.9 Å². The van der Waals surface area contributed by atoms with Crippen LogP contribution < -0.4 is 9.62 Å². The summed E-state index contributed by atoms with van der Waals surface area (Å²) in [6.07, 6.45) is 3.12. The van der Waals surface area contributed by atoms with Crippen LogP contribution in [0.15, 0.2) is 59.1 Å². The lowest BCUT2D eigenvalue weighted by Gasteiger charge is -2.22. The molecule has 0 atom stereocenters. The molecule has 0 unspecified atom stereocenters. The van der Waals surface area contributed by atoms with Gasteiger partial charge in [-0.3, -0.25) is 9.10 Å². The molecule has 0 aliphatic heterocycles. The highest BCUT2D eigenvalue weighted by Gasteiger charge is 2.22. The van der Waals surface area contributed by atoms with Crippen molar-refractivity contribution < 1.29 is 13.2 Å². The predicted octanol–water partition coefficient (Wildman–Crippen LogP) is 4.11. The van der Waals surface area contributed by atoms with E-state index in [0.29, 0.717) is 11.4 Å². The number of benzene rings is 3. The quantitative estimate of drug-likeness (QED) is 0.625. The fourth-order valence-electron chi connectivity index (χ4n) is 3.68. The lowest BCUT2D eigenvalue weighted by atomic mass is 10.0. The Kier molecular flexibility index (Phi) is 4.89. The number of carbonyl (C=O) groups is 1. The number of hydrogen-bond donors (Lipinski definition) is 1. The third-order valence-electron chi connectivity index (χ3n) is 4.95. The molecule has 28 heavy (non-hydrogen) atoms. The molecule has 1 amide bonds. The number of nitrogens with one attached hydrogen (secondary N) is 1. The van der Waals surface area contributed by atoms with E-state index in [9.17, 15) is 13.2 Å². The Hall–Kier alpha value is -2.38. The predicted molar refractivity (Wildman–Crippen MR) is 116 cm³/mol. The van der Waals surface area contributed by atoms with Crippen LogP contribution >= 0.6 is 15.9 Å². The molecule has 1 aliphatic carbocycles. The lowest BCUT2D eigenvalue weighted by Crippen LogP contribution is -2.37. The van der Waals surface area contributed by atoms with Gasteiger partial charge in [0.2, 0.25) is 15.9 Å². The van der Waals surface area contributed by atoms with E-state index in [1.165, 1.54) is 16.5 Å². The first kappa shape index (κ1) is 19.0. The van der Waals surface area contributed by atoms with E-state index in [2.05, 4.69) is 27.3 Å². The van der Waals surface area contributed by atoms with Crippen LogP contribution in [0.4, 0.5) is 11.4 Å². The molecular weight excluding hydrogens is 440 g/mol. The molecule has 0 radical (unpaired) electrons. The van der Waals surface area contributed by atoms with Gasteiger partial charge in [0.25, 0.3) is 0 Å². The number of carbonyl (C=O) groups excluding carboxylic acids is 1. The summed E-state index contributed by atoms with van der Waals surface area (Å²) in [6, 6.07) is 16.9. The zero-order valence-electron chi connectivity index (χ0n) is 15.3. The fraction of sp³-hybridized carbons (Fsp3) is 0.190. The normalized spacial score (nSPS) is 12.9. The van der Waals surface area contributed by atoms with Crippen molar-refractivity contribution in [2.75, 3.05) is 22.4 Å². The Morgan fingerprint density at radius 3 is 2.39 bits per heavy atom. The number of halogens is 1. The van der Waals surface area contributed by atoms with Crippen molar-refractivity contribution in [2.45, 2.75) is 12.8 Å². The summed E-state index contributed by atoms with van der Waals surface area (Å²) in [7, 11) is -3.61. The van der Waals surface area contributed by atoms with E-state index in [1.807, 2.05) is 24.3 Å². The number of aryl methyl sites for hydroxylation is 2. The van der Waals surface area contributed by atoms with Gasteiger partial charge in [0.15, 0.2) is 0 Å². The van der Waals surface area contributed by atoms with Gasteiger partial charge in [-0.1, -0.05) is 40.2 Å². The first-order valence-electron chi connectivity index (χ1n) is 8.89. The van der Waals surface area contributed by atoms with E-state index in [1.54, 1.807) is 24.3 Å². The molecule has 3 aromatic rings. The molecular formula is C21H19BrN2O3S. The van der Waals surface area contributed by atoms with Gasteiger partial charge in [-0.15, -0.1) is 0 Å². The molecule has 1 N–H and O–H groups in total. The summed E-state index contributed by atoms with van der Waals surface area (Å²) in [5, 5.41) is 5.09. The van der Waals surface area contributed by atoms with Crippen LogP contribution in [0.2, 0.25) is 0 Å². The minimum atomic E-state index is -3.61. The summed E-state index contributed by atoms with van der Waals surface area (Å²) in [6.45, 7) is -0.288. The topological polar surface area (TPSA) is 66.5 Å². The van der Waals surface area contributed by atoms with Gasteiger partial charge in [-0.2, -0.15) is 0 Å². The smallest absolute Gasteiger partial charge is 0.245 e. The Bertz CT molecular complexity index is 1160. The molecule has 0 saturated heterocycles. The first-order valence-corrected chi connectivity index (χ1v) is 11.5. The van der Waals surface area contributed by atoms with Crippen LogP contribution in [0.3, 0.4) is 0 Å². The highest BCUT2D eigenvalue weighted by atomic mass is 79.9. The zero-order valence-corrected chi connectivity index (χ0v) is 17.7. The van der Waals surface area contributed by atoms with Crippen LogP contribution in [-0.2, 0) is 27.7 Å². The zero-order chi connectivity index (χ0) is 19.9. The molecule has 0 heterocycles. The highest BCUT2D eigenvalue weighted by molar-refractivity contribution is 9.10. The van der Waals surface area contributed by atoms with Gasteiger partial charge < -0.3 is 5.32 Å². The van der Waals surface area contributed by atoms with E-state index < -0.39 is 10.0 Å². The van der Waals surface area contributed by atoms with Crippen molar-refractivity contribution in [1.29, 1.82) is 0 Å². The average molecular weight is 459 g/mol. The molecule has 0 fully saturated rings. The maximum absolute atomic E-state index is 12.7. The maximum Gasteiger partial charge on any atom is 0.245 e. The number of nitrogens with zero attached hydrogens (tertiary/aromatic N) is 1. The van der Waals surface area contributed by atoms with Crippen molar-refractivity contribution in [1.82, 2.24) is 0 Å². The number of anilines is 2. The van der Waals surface area contributed by atoms with E-state index >= 15 is 0 Å². The number of rotatable bonds is 5. The van der Waals surface area contributed by atoms with Crippen molar-refractivity contribution >= 4 is 54.0 Å². The third-order valence-corrected chi connectivity index (χ3v) is 6.62. The minimum absolute atomic E-state index is 0.288. The summed E-state index contributed by atoms with van der Waals surface area (Å²) in [5.74, 6) is -0.382. The monoisotopic (exact) mass is 458 g/mol. The SMILES string of the molecule is CS(=O)(=O)N(CC(=O)Nc1ccc2c3c(cccc13)CC2)c1ccc(Br)cc1. The van der Waals surface area contributed by atoms with Gasteiger partial charge in [0, 0.05) is 15.5 Å². The highest BCUT2D eigenvalue weighted by Crippen LogP contribution is 2.35. The molecule has 7 heteroatoms. The Morgan fingerprint density at radius 1 is 1.04 bits per heavy atom. The summed E-state index contributed by atoms with van der Waals surface area (Å²) < 4.78 is 26.4. The molecule has 1 aliphatic rings. The fourth-order valence-corrected chi connectivity index (χ4v) is 4.80. The second-order valence-corrected chi connectivity index (χ2v) is 9.73. The third kappa shape index (κ3) is 3.64. The largest absolute Gasteiger partial charge is 0.324 e. The molecule has 0 spiro atoms. The molecule has 0 aromatic heterocycles. The number of sulfonamides is 1. The van der Waals surface area contributed by atoms with E-state index in [0.717, 1.165) is 33.3 Å². The second-order valence-electron chi connectivity index (χ2n) is 6.91. The average Bonchev–Trinajstić information content (AvgIpc) is 3.07. The van der Waals surface area contributed by atoms with Crippen LogP contribution in [0.1, 0.15) is 11.1 Å². The van der Waals surface area contributed by atoms with Crippen molar-refractivity contribution in [3.05, 3.63) is 70.2 Å². The molecule has 0 bridgehead atoms. The number of hydrogen-bond acceptors (Lipinski definition) is 3. The lowest BCUT2D eigenvalue weighted by molar-refractivity contribution is -0.114. The van der Waals surface area contributed by atoms with Gasteiger partial charge in [-0.25, -0.2) is 8.42 Å². The van der Waals surface area contributed by atoms with Crippen LogP contribution in [0, 0.1) is 0 Å². The Labute approximate surface area is 172 Å². The van der Waals surface area contributed by atoms with Gasteiger partial charge in [-0.05, 0) is 59.7 Å². The van der Waals surface area contributed by atoms with E-state index in [-0.39, 0.29) is 12.5 Å². The summed E-state index contributed by atoms with van der Waals surface area (Å²) in [5.41, 5.74) is 3.73. The summed E-state index contributed by atoms with van der Waals surface area (Å²) >= 11 is 3.33. The molecule has 3 aromatic carbocycles. The van der Waals surface area contributed by atoms with Gasteiger partial charge in [0.1, 0.15) is 6.54 Å². The van der Waals surface area contributed by atoms with E-state index in [4.69, 9.17) is 0 Å². The first-order chi connectivity index (χ1) is 13.3. The van der Waals surface area contributed by atoms with Crippen LogP contribution in [0.5, 0.6) is 0 Å². The maximum atomic E-state index is 12.7. The van der Waals surface area contributed by atoms with Crippen molar-refractivity contribution in [3.8, 4) is 0 Å². The van der Waals surface area contributed by atoms with Crippen molar-refractivity contribution in [3.63, 3.8) is 0 Å². The molecule has 0 saturated carbocycles. The summed E-state index contributed by atoms with van der Waals surface area (Å²) in [4.78, 5) is 12.7. The minimum Gasteiger partial charge on any atom is -0.324 e. The second kappa shape index (κ2) is 7.22. The Balaban J connectivity index is 1.62. The van der Waals surface area contributed by atoms with Crippen LogP contribution in [0.25, 0.3) is 10.8 Å². The van der Waals surface area contributed by atoms with Crippen molar-refractivity contribution in [2.24, 2.45) is 0 Å².